The highest BCUT2D eigenvalue weighted by Gasteiger charge is 2.06. The lowest BCUT2D eigenvalue weighted by Gasteiger charge is -2.08. The van der Waals surface area contributed by atoms with Gasteiger partial charge in [0, 0.05) is 30.5 Å². The summed E-state index contributed by atoms with van der Waals surface area (Å²) in [4.78, 5) is 16.6. The molecule has 1 heterocycles. The van der Waals surface area contributed by atoms with Gasteiger partial charge in [-0.2, -0.15) is 0 Å². The number of para-hydroxylation sites is 1. The van der Waals surface area contributed by atoms with Crippen molar-refractivity contribution in [3.8, 4) is 11.3 Å². The molecule has 0 fully saturated rings. The number of carbonyl (C=O) groups excluding carboxylic acids is 1. The second-order valence-corrected chi connectivity index (χ2v) is 5.85. The van der Waals surface area contributed by atoms with Crippen LogP contribution in [0.5, 0.6) is 0 Å². The van der Waals surface area contributed by atoms with Gasteiger partial charge in [-0.15, -0.1) is 0 Å². The number of carbonyl (C=O) groups is 1. The Morgan fingerprint density at radius 2 is 1.80 bits per heavy atom. The minimum absolute atomic E-state index is 0.113. The van der Waals surface area contributed by atoms with Crippen LogP contribution in [0, 0.1) is 6.92 Å². The van der Waals surface area contributed by atoms with Crippen LogP contribution in [0.2, 0.25) is 0 Å². The first-order chi connectivity index (χ1) is 12.2. The Bertz CT molecular complexity index is 829. The van der Waals surface area contributed by atoms with Crippen molar-refractivity contribution in [2.75, 3.05) is 18.4 Å². The van der Waals surface area contributed by atoms with E-state index in [4.69, 9.17) is 0 Å². The maximum atomic E-state index is 12.2. The molecular formula is C21H21N3O. The minimum Gasteiger partial charge on any atom is -0.383 e. The molecule has 0 saturated heterocycles. The van der Waals surface area contributed by atoms with Gasteiger partial charge >= 0.3 is 0 Å². The standard InChI is InChI=1S/C21H21N3O/c1-16-6-5-7-17(14-16)20-11-10-18(15-24-20)21(25)23-13-12-22-19-8-3-2-4-9-19/h2-11,14-15,22H,12-13H2,1H3,(H,23,25). The largest absolute Gasteiger partial charge is 0.383 e. The molecule has 1 amide bonds. The summed E-state index contributed by atoms with van der Waals surface area (Å²) in [6, 6.07) is 21.8. The van der Waals surface area contributed by atoms with Crippen molar-refractivity contribution < 1.29 is 4.79 Å². The van der Waals surface area contributed by atoms with E-state index in [0.29, 0.717) is 18.7 Å². The van der Waals surface area contributed by atoms with Gasteiger partial charge in [0.25, 0.3) is 5.91 Å². The van der Waals surface area contributed by atoms with Crippen molar-refractivity contribution in [3.05, 3.63) is 84.1 Å². The van der Waals surface area contributed by atoms with Gasteiger partial charge in [-0.1, -0.05) is 42.0 Å². The quantitative estimate of drug-likeness (QED) is 0.674. The molecule has 4 nitrogen and oxygen atoms in total. The first kappa shape index (κ1) is 16.7. The molecule has 0 bridgehead atoms. The lowest BCUT2D eigenvalue weighted by atomic mass is 10.1. The van der Waals surface area contributed by atoms with Crippen molar-refractivity contribution in [3.63, 3.8) is 0 Å². The van der Waals surface area contributed by atoms with E-state index in [2.05, 4.69) is 34.7 Å². The molecule has 4 heteroatoms. The molecule has 3 rings (SSSR count). The molecule has 0 aliphatic rings. The number of aryl methyl sites for hydroxylation is 1. The van der Waals surface area contributed by atoms with E-state index in [9.17, 15) is 4.79 Å². The molecule has 0 aliphatic heterocycles. The van der Waals surface area contributed by atoms with E-state index >= 15 is 0 Å². The third kappa shape index (κ3) is 4.67. The number of rotatable bonds is 6. The number of benzene rings is 2. The third-order valence-corrected chi connectivity index (χ3v) is 3.85. The predicted octanol–water partition coefficient (Wildman–Crippen LogP) is 3.90. The number of hydrogen-bond donors (Lipinski definition) is 2. The van der Waals surface area contributed by atoms with Crippen LogP contribution < -0.4 is 10.6 Å². The molecule has 1 aromatic heterocycles. The van der Waals surface area contributed by atoms with Crippen LogP contribution in [0.3, 0.4) is 0 Å². The van der Waals surface area contributed by atoms with Crippen molar-refractivity contribution in [1.82, 2.24) is 10.3 Å². The molecule has 0 atom stereocenters. The average Bonchev–Trinajstić information content (AvgIpc) is 2.66. The number of aromatic nitrogens is 1. The van der Waals surface area contributed by atoms with Crippen molar-refractivity contribution in [2.24, 2.45) is 0 Å². The second-order valence-electron chi connectivity index (χ2n) is 5.85. The van der Waals surface area contributed by atoms with Gasteiger partial charge in [-0.3, -0.25) is 9.78 Å². The molecule has 0 aliphatic carbocycles. The van der Waals surface area contributed by atoms with E-state index in [1.165, 1.54) is 5.56 Å². The lowest BCUT2D eigenvalue weighted by Crippen LogP contribution is -2.28. The van der Waals surface area contributed by atoms with Crippen LogP contribution >= 0.6 is 0 Å². The van der Waals surface area contributed by atoms with E-state index in [0.717, 1.165) is 16.9 Å². The molecule has 0 radical (unpaired) electrons. The Labute approximate surface area is 147 Å². The highest BCUT2D eigenvalue weighted by Crippen LogP contribution is 2.18. The Kier molecular flexibility index (Phi) is 5.42. The molecule has 0 spiro atoms. The van der Waals surface area contributed by atoms with Crippen molar-refractivity contribution in [2.45, 2.75) is 6.92 Å². The zero-order valence-corrected chi connectivity index (χ0v) is 14.2. The number of amides is 1. The summed E-state index contributed by atoms with van der Waals surface area (Å²) in [7, 11) is 0. The highest BCUT2D eigenvalue weighted by molar-refractivity contribution is 5.94. The Morgan fingerprint density at radius 3 is 2.52 bits per heavy atom. The summed E-state index contributed by atoms with van der Waals surface area (Å²) in [5.41, 5.74) is 4.72. The average molecular weight is 331 g/mol. The number of anilines is 1. The van der Waals surface area contributed by atoms with Crippen LogP contribution in [0.4, 0.5) is 5.69 Å². The molecular weight excluding hydrogens is 310 g/mol. The molecule has 0 unspecified atom stereocenters. The van der Waals surface area contributed by atoms with Crippen LogP contribution in [-0.4, -0.2) is 24.0 Å². The van der Waals surface area contributed by atoms with Crippen molar-refractivity contribution >= 4 is 11.6 Å². The molecule has 3 aromatic rings. The molecule has 2 aromatic carbocycles. The maximum Gasteiger partial charge on any atom is 0.252 e. The van der Waals surface area contributed by atoms with Gasteiger partial charge in [0.15, 0.2) is 0 Å². The molecule has 2 N–H and O–H groups in total. The van der Waals surface area contributed by atoms with Crippen LogP contribution in [-0.2, 0) is 0 Å². The lowest BCUT2D eigenvalue weighted by molar-refractivity contribution is 0.0955. The highest BCUT2D eigenvalue weighted by atomic mass is 16.1. The molecule has 25 heavy (non-hydrogen) atoms. The summed E-state index contributed by atoms with van der Waals surface area (Å²) in [6.45, 7) is 3.27. The summed E-state index contributed by atoms with van der Waals surface area (Å²) >= 11 is 0. The first-order valence-electron chi connectivity index (χ1n) is 8.32. The van der Waals surface area contributed by atoms with Gasteiger partial charge in [0.1, 0.15) is 0 Å². The fraction of sp³-hybridized carbons (Fsp3) is 0.143. The third-order valence-electron chi connectivity index (χ3n) is 3.85. The predicted molar refractivity (Wildman–Crippen MR) is 102 cm³/mol. The van der Waals surface area contributed by atoms with Crippen LogP contribution in [0.15, 0.2) is 72.9 Å². The topological polar surface area (TPSA) is 54.0 Å². The van der Waals surface area contributed by atoms with Crippen LogP contribution in [0.25, 0.3) is 11.3 Å². The zero-order valence-electron chi connectivity index (χ0n) is 14.2. The number of pyridine rings is 1. The van der Waals surface area contributed by atoms with E-state index < -0.39 is 0 Å². The normalized spacial score (nSPS) is 10.3. The summed E-state index contributed by atoms with van der Waals surface area (Å²) < 4.78 is 0. The monoisotopic (exact) mass is 331 g/mol. The van der Waals surface area contributed by atoms with E-state index in [-0.39, 0.29) is 5.91 Å². The minimum atomic E-state index is -0.113. The Morgan fingerprint density at radius 1 is 0.960 bits per heavy atom. The van der Waals surface area contributed by atoms with Gasteiger partial charge in [-0.05, 0) is 37.3 Å². The molecule has 126 valence electrons. The van der Waals surface area contributed by atoms with Crippen LogP contribution in [0.1, 0.15) is 15.9 Å². The fourth-order valence-electron chi connectivity index (χ4n) is 2.54. The molecule has 0 saturated carbocycles. The number of hydrogen-bond acceptors (Lipinski definition) is 3. The van der Waals surface area contributed by atoms with E-state index in [1.807, 2.05) is 54.6 Å². The summed E-state index contributed by atoms with van der Waals surface area (Å²) in [5.74, 6) is -0.113. The number of nitrogens with one attached hydrogen (secondary N) is 2. The fourth-order valence-corrected chi connectivity index (χ4v) is 2.54. The van der Waals surface area contributed by atoms with Gasteiger partial charge in [0.2, 0.25) is 0 Å². The first-order valence-corrected chi connectivity index (χ1v) is 8.32. The SMILES string of the molecule is Cc1cccc(-c2ccc(C(=O)NCCNc3ccccc3)cn2)c1. The van der Waals surface area contributed by atoms with E-state index in [1.54, 1.807) is 6.20 Å². The smallest absolute Gasteiger partial charge is 0.252 e. The van der Waals surface area contributed by atoms with Crippen molar-refractivity contribution in [1.29, 1.82) is 0 Å². The second kappa shape index (κ2) is 8.11. The summed E-state index contributed by atoms with van der Waals surface area (Å²) in [6.07, 6.45) is 1.62. The van der Waals surface area contributed by atoms with Gasteiger partial charge in [0.05, 0.1) is 11.3 Å². The Hall–Kier alpha value is -3.14. The summed E-state index contributed by atoms with van der Waals surface area (Å²) in [5, 5.41) is 6.15. The zero-order chi connectivity index (χ0) is 17.5. The number of nitrogens with zero attached hydrogens (tertiary/aromatic N) is 1. The Balaban J connectivity index is 1.52. The van der Waals surface area contributed by atoms with Gasteiger partial charge in [-0.25, -0.2) is 0 Å². The maximum absolute atomic E-state index is 12.2. The van der Waals surface area contributed by atoms with Gasteiger partial charge < -0.3 is 10.6 Å².